The molecule has 1 heterocycles. The molecule has 0 saturated heterocycles. The summed E-state index contributed by atoms with van der Waals surface area (Å²) in [5.41, 5.74) is 0.904. The number of carbonyl (C=O) groups is 1. The molecule has 0 amide bonds. The van der Waals surface area contributed by atoms with E-state index in [1.165, 1.54) is 18.4 Å². The number of esters is 1. The van der Waals surface area contributed by atoms with Gasteiger partial charge in [-0.1, -0.05) is 37.0 Å². The molecule has 2 atom stereocenters. The quantitative estimate of drug-likeness (QED) is 0.838. The predicted octanol–water partition coefficient (Wildman–Crippen LogP) is 3.90. The van der Waals surface area contributed by atoms with Gasteiger partial charge in [-0.05, 0) is 24.5 Å². The monoisotopic (exact) mass is 309 g/mol. The lowest BCUT2D eigenvalue weighted by atomic mass is 10.0. The zero-order chi connectivity index (χ0) is 13.9. The topological polar surface area (TPSA) is 38.3 Å². The highest BCUT2D eigenvalue weighted by Gasteiger charge is 2.26. The van der Waals surface area contributed by atoms with Crippen molar-refractivity contribution in [2.24, 2.45) is 5.92 Å². The van der Waals surface area contributed by atoms with Crippen LogP contribution in [-0.2, 0) is 9.53 Å². The van der Waals surface area contributed by atoms with Crippen molar-refractivity contribution in [3.63, 3.8) is 0 Å². The fraction of sp³-hybridized carbons (Fsp3) is 0.583. The van der Waals surface area contributed by atoms with Crippen molar-refractivity contribution < 1.29 is 9.53 Å². The maximum atomic E-state index is 11.7. The maximum Gasteiger partial charge on any atom is 0.323 e. The van der Waals surface area contributed by atoms with Gasteiger partial charge in [0.2, 0.25) is 0 Å². The van der Waals surface area contributed by atoms with Crippen LogP contribution >= 0.6 is 34.5 Å². The molecule has 1 rings (SSSR count). The van der Waals surface area contributed by atoms with Crippen LogP contribution in [-0.4, -0.2) is 19.1 Å². The molecule has 0 bridgehead atoms. The second-order valence-corrected chi connectivity index (χ2v) is 6.70. The van der Waals surface area contributed by atoms with Crippen molar-refractivity contribution in [2.45, 2.75) is 32.9 Å². The van der Waals surface area contributed by atoms with E-state index in [-0.39, 0.29) is 24.0 Å². The van der Waals surface area contributed by atoms with E-state index in [0.717, 1.165) is 5.56 Å². The Morgan fingerprint density at radius 2 is 2.00 bits per heavy atom. The number of ether oxygens (including phenoxy) is 1. The minimum atomic E-state index is -0.361. The number of rotatable bonds is 5. The molecule has 0 spiro atoms. The Balaban J connectivity index is 2.81. The largest absolute Gasteiger partial charge is 0.468 e. The van der Waals surface area contributed by atoms with Crippen LogP contribution in [0.3, 0.4) is 0 Å². The molecule has 1 aromatic rings. The van der Waals surface area contributed by atoms with Gasteiger partial charge >= 0.3 is 5.97 Å². The van der Waals surface area contributed by atoms with Crippen LogP contribution in [0.4, 0.5) is 0 Å². The van der Waals surface area contributed by atoms with Gasteiger partial charge in [0.05, 0.1) is 15.8 Å². The number of hydrogen-bond acceptors (Lipinski definition) is 4. The lowest BCUT2D eigenvalue weighted by Gasteiger charge is -2.24. The van der Waals surface area contributed by atoms with E-state index in [2.05, 4.69) is 5.32 Å². The summed E-state index contributed by atoms with van der Waals surface area (Å²) in [5.74, 6) is -0.137. The highest BCUT2D eigenvalue weighted by molar-refractivity contribution is 7.20. The zero-order valence-corrected chi connectivity index (χ0v) is 13.1. The smallest absolute Gasteiger partial charge is 0.323 e. The van der Waals surface area contributed by atoms with Crippen molar-refractivity contribution in [3.05, 3.63) is 20.3 Å². The Bertz CT molecular complexity index is 420. The van der Waals surface area contributed by atoms with Crippen molar-refractivity contribution in [1.82, 2.24) is 5.32 Å². The first-order valence-electron chi connectivity index (χ1n) is 5.65. The standard InChI is InChI=1S/C12H17Cl2NO2S/c1-6(2)10(12(16)17-4)15-7(3)8-5-9(13)18-11(8)14/h5-7,10,15H,1-4H3. The molecule has 2 unspecified atom stereocenters. The van der Waals surface area contributed by atoms with Crippen molar-refractivity contribution >= 4 is 40.5 Å². The molecule has 102 valence electrons. The molecule has 0 aliphatic rings. The summed E-state index contributed by atoms with van der Waals surface area (Å²) in [6, 6.07) is 1.40. The van der Waals surface area contributed by atoms with E-state index in [4.69, 9.17) is 27.9 Å². The van der Waals surface area contributed by atoms with Gasteiger partial charge < -0.3 is 4.74 Å². The van der Waals surface area contributed by atoms with Crippen LogP contribution in [0.25, 0.3) is 0 Å². The number of methoxy groups -OCH3 is 1. The lowest BCUT2D eigenvalue weighted by molar-refractivity contribution is -0.144. The highest BCUT2D eigenvalue weighted by atomic mass is 35.5. The van der Waals surface area contributed by atoms with E-state index in [0.29, 0.717) is 8.67 Å². The Hall–Kier alpha value is -0.290. The summed E-state index contributed by atoms with van der Waals surface area (Å²) in [4.78, 5) is 11.7. The summed E-state index contributed by atoms with van der Waals surface area (Å²) in [6.07, 6.45) is 0. The third kappa shape index (κ3) is 3.85. The third-order valence-electron chi connectivity index (χ3n) is 2.70. The molecule has 0 saturated carbocycles. The minimum Gasteiger partial charge on any atom is -0.468 e. The number of carbonyl (C=O) groups excluding carboxylic acids is 1. The van der Waals surface area contributed by atoms with Crippen LogP contribution in [0.5, 0.6) is 0 Å². The second-order valence-electron chi connectivity index (χ2n) is 4.41. The predicted molar refractivity (Wildman–Crippen MR) is 76.5 cm³/mol. The first-order valence-corrected chi connectivity index (χ1v) is 7.22. The maximum absolute atomic E-state index is 11.7. The molecule has 1 aromatic heterocycles. The SMILES string of the molecule is COC(=O)C(NC(C)c1cc(Cl)sc1Cl)C(C)C. The van der Waals surface area contributed by atoms with Crippen LogP contribution in [0.1, 0.15) is 32.4 Å². The average Bonchev–Trinajstić information content (AvgIpc) is 2.63. The van der Waals surface area contributed by atoms with E-state index in [1.807, 2.05) is 26.8 Å². The summed E-state index contributed by atoms with van der Waals surface area (Å²) < 4.78 is 6.08. The highest BCUT2D eigenvalue weighted by Crippen LogP contribution is 2.35. The third-order valence-corrected chi connectivity index (χ3v) is 4.22. The number of hydrogen-bond donors (Lipinski definition) is 1. The first-order chi connectivity index (χ1) is 8.36. The fourth-order valence-corrected chi connectivity index (χ4v) is 3.31. The van der Waals surface area contributed by atoms with Gasteiger partial charge in [0.1, 0.15) is 6.04 Å². The molecular formula is C12H17Cl2NO2S. The summed E-state index contributed by atoms with van der Waals surface area (Å²) >= 11 is 13.3. The van der Waals surface area contributed by atoms with Gasteiger partial charge in [0, 0.05) is 6.04 Å². The summed E-state index contributed by atoms with van der Waals surface area (Å²) in [7, 11) is 1.39. The van der Waals surface area contributed by atoms with Crippen molar-refractivity contribution in [3.8, 4) is 0 Å². The molecule has 18 heavy (non-hydrogen) atoms. The first kappa shape index (κ1) is 15.8. The van der Waals surface area contributed by atoms with Gasteiger partial charge in [-0.15, -0.1) is 11.3 Å². The Kier molecular flexibility index (Phi) is 5.92. The van der Waals surface area contributed by atoms with Crippen LogP contribution in [0, 0.1) is 5.92 Å². The van der Waals surface area contributed by atoms with Crippen LogP contribution < -0.4 is 5.32 Å². The summed E-state index contributed by atoms with van der Waals surface area (Å²) in [5, 5.41) is 3.23. The van der Waals surface area contributed by atoms with Gasteiger partial charge in [-0.25, -0.2) is 0 Å². The number of halogens is 2. The Morgan fingerprint density at radius 1 is 1.39 bits per heavy atom. The molecule has 0 radical (unpaired) electrons. The van der Waals surface area contributed by atoms with Gasteiger partial charge in [-0.3, -0.25) is 10.1 Å². The normalized spacial score (nSPS) is 14.6. The van der Waals surface area contributed by atoms with E-state index >= 15 is 0 Å². The molecule has 6 heteroatoms. The molecule has 0 aliphatic heterocycles. The second kappa shape index (κ2) is 6.75. The summed E-state index contributed by atoms with van der Waals surface area (Å²) in [6.45, 7) is 5.87. The van der Waals surface area contributed by atoms with Gasteiger partial charge in [-0.2, -0.15) is 0 Å². The Morgan fingerprint density at radius 3 is 2.39 bits per heavy atom. The number of thiophene rings is 1. The molecule has 0 aromatic carbocycles. The molecule has 1 N–H and O–H groups in total. The van der Waals surface area contributed by atoms with E-state index in [1.54, 1.807) is 0 Å². The van der Waals surface area contributed by atoms with Crippen LogP contribution in [0.2, 0.25) is 8.67 Å². The fourth-order valence-electron chi connectivity index (χ4n) is 1.67. The van der Waals surface area contributed by atoms with Gasteiger partial charge in [0.25, 0.3) is 0 Å². The zero-order valence-electron chi connectivity index (χ0n) is 10.8. The molecule has 3 nitrogen and oxygen atoms in total. The molecular weight excluding hydrogens is 293 g/mol. The van der Waals surface area contributed by atoms with Crippen molar-refractivity contribution in [1.29, 1.82) is 0 Å². The van der Waals surface area contributed by atoms with Crippen molar-refractivity contribution in [2.75, 3.05) is 7.11 Å². The van der Waals surface area contributed by atoms with E-state index in [9.17, 15) is 4.79 Å². The molecule has 0 fully saturated rings. The van der Waals surface area contributed by atoms with E-state index < -0.39 is 0 Å². The molecule has 0 aliphatic carbocycles. The minimum absolute atomic E-state index is 0.0623. The van der Waals surface area contributed by atoms with Crippen LogP contribution in [0.15, 0.2) is 6.07 Å². The Labute approximate surface area is 121 Å². The lowest BCUT2D eigenvalue weighted by Crippen LogP contribution is -2.42. The van der Waals surface area contributed by atoms with Gasteiger partial charge in [0.15, 0.2) is 0 Å². The average molecular weight is 310 g/mol. The number of nitrogens with one attached hydrogen (secondary N) is 1.